The zero-order valence-corrected chi connectivity index (χ0v) is 11.6. The Labute approximate surface area is 119 Å². The number of aryl methyl sites for hydroxylation is 1. The van der Waals surface area contributed by atoms with Crippen molar-refractivity contribution in [2.45, 2.75) is 12.8 Å². The molecule has 100 valence electrons. The lowest BCUT2D eigenvalue weighted by atomic mass is 10.2. The molecule has 1 aromatic heterocycles. The van der Waals surface area contributed by atoms with Gasteiger partial charge in [0.2, 0.25) is 0 Å². The summed E-state index contributed by atoms with van der Waals surface area (Å²) in [4.78, 5) is 14.8. The lowest BCUT2D eigenvalue weighted by Crippen LogP contribution is -2.00. The molecule has 0 fully saturated rings. The molecule has 2 aromatic rings. The number of hydrogen-bond donors (Lipinski definition) is 1. The number of benzene rings is 1. The highest BCUT2D eigenvalue weighted by molar-refractivity contribution is 7.13. The van der Waals surface area contributed by atoms with Crippen LogP contribution in [0.2, 0.25) is 5.02 Å². The molecular formula is C12H12ClN3O2S. The van der Waals surface area contributed by atoms with Crippen LogP contribution in [0.15, 0.2) is 23.6 Å². The largest absolute Gasteiger partial charge is 0.330 e. The second-order valence-electron chi connectivity index (χ2n) is 3.96. The monoisotopic (exact) mass is 297 g/mol. The summed E-state index contributed by atoms with van der Waals surface area (Å²) >= 11 is 7.24. The maximum absolute atomic E-state index is 10.8. The van der Waals surface area contributed by atoms with E-state index >= 15 is 0 Å². The Morgan fingerprint density at radius 3 is 2.95 bits per heavy atom. The van der Waals surface area contributed by atoms with Gasteiger partial charge >= 0.3 is 0 Å². The van der Waals surface area contributed by atoms with Gasteiger partial charge in [0, 0.05) is 17.0 Å². The van der Waals surface area contributed by atoms with E-state index in [1.165, 1.54) is 23.5 Å². The highest BCUT2D eigenvalue weighted by Gasteiger charge is 2.15. The quantitative estimate of drug-likeness (QED) is 0.678. The van der Waals surface area contributed by atoms with Crippen molar-refractivity contribution in [3.63, 3.8) is 0 Å². The minimum atomic E-state index is -0.491. The molecule has 0 saturated carbocycles. The zero-order valence-electron chi connectivity index (χ0n) is 10.0. The minimum absolute atomic E-state index is 0.0992. The summed E-state index contributed by atoms with van der Waals surface area (Å²) in [6.07, 6.45) is 1.70. The highest BCUT2D eigenvalue weighted by Crippen LogP contribution is 2.31. The van der Waals surface area contributed by atoms with E-state index in [0.29, 0.717) is 12.1 Å². The fraction of sp³-hybridized carbons (Fsp3) is 0.250. The molecular weight excluding hydrogens is 286 g/mol. The van der Waals surface area contributed by atoms with E-state index in [9.17, 15) is 10.1 Å². The third-order valence-electron chi connectivity index (χ3n) is 2.58. The van der Waals surface area contributed by atoms with Crippen molar-refractivity contribution in [2.75, 3.05) is 6.54 Å². The van der Waals surface area contributed by atoms with Gasteiger partial charge in [-0.1, -0.05) is 11.6 Å². The summed E-state index contributed by atoms with van der Waals surface area (Å²) in [6.45, 7) is 0.624. The van der Waals surface area contributed by atoms with Crippen molar-refractivity contribution in [3.8, 4) is 10.6 Å². The molecule has 7 heteroatoms. The molecule has 1 aromatic carbocycles. The van der Waals surface area contributed by atoms with Crippen LogP contribution in [0, 0.1) is 10.1 Å². The van der Waals surface area contributed by atoms with Gasteiger partial charge in [0.15, 0.2) is 0 Å². The van der Waals surface area contributed by atoms with Crippen molar-refractivity contribution in [1.82, 2.24) is 4.98 Å². The standard InChI is InChI=1S/C12H12ClN3O2S/c13-10-4-3-8(6-11(10)16(17)18)12-15-9(7-19-12)2-1-5-14/h3-4,6-7H,1-2,5,14H2. The first kappa shape index (κ1) is 13.9. The van der Waals surface area contributed by atoms with Crippen LogP contribution in [-0.2, 0) is 6.42 Å². The molecule has 0 bridgehead atoms. The van der Waals surface area contributed by atoms with Crippen molar-refractivity contribution < 1.29 is 4.92 Å². The third kappa shape index (κ3) is 3.28. The Morgan fingerprint density at radius 2 is 2.26 bits per heavy atom. The number of rotatable bonds is 5. The van der Waals surface area contributed by atoms with Crippen LogP contribution in [0.5, 0.6) is 0 Å². The van der Waals surface area contributed by atoms with Crippen LogP contribution in [0.4, 0.5) is 5.69 Å². The molecule has 0 radical (unpaired) electrons. The minimum Gasteiger partial charge on any atom is -0.330 e. The van der Waals surface area contributed by atoms with Gasteiger partial charge in [-0.3, -0.25) is 10.1 Å². The summed E-state index contributed by atoms with van der Waals surface area (Å²) in [5.41, 5.74) is 7.02. The number of nitrogens with two attached hydrogens (primary N) is 1. The van der Waals surface area contributed by atoms with Crippen molar-refractivity contribution >= 4 is 28.6 Å². The van der Waals surface area contributed by atoms with Gasteiger partial charge < -0.3 is 5.73 Å². The van der Waals surface area contributed by atoms with E-state index in [1.54, 1.807) is 6.07 Å². The topological polar surface area (TPSA) is 82.0 Å². The molecule has 0 aliphatic rings. The zero-order chi connectivity index (χ0) is 13.8. The molecule has 0 unspecified atom stereocenters. The first-order chi connectivity index (χ1) is 9.11. The molecule has 0 amide bonds. The fourth-order valence-corrected chi connectivity index (χ4v) is 2.66. The van der Waals surface area contributed by atoms with Gasteiger partial charge in [0.05, 0.1) is 10.6 Å². The summed E-state index contributed by atoms with van der Waals surface area (Å²) in [5, 5.41) is 13.7. The maximum atomic E-state index is 10.8. The second kappa shape index (κ2) is 6.10. The number of halogens is 1. The lowest BCUT2D eigenvalue weighted by molar-refractivity contribution is -0.384. The van der Waals surface area contributed by atoms with Gasteiger partial charge in [-0.05, 0) is 31.5 Å². The summed E-state index contributed by atoms with van der Waals surface area (Å²) in [7, 11) is 0. The van der Waals surface area contributed by atoms with Crippen LogP contribution < -0.4 is 5.73 Å². The lowest BCUT2D eigenvalue weighted by Gasteiger charge is -1.99. The molecule has 5 nitrogen and oxygen atoms in total. The molecule has 2 rings (SSSR count). The smallest absolute Gasteiger partial charge is 0.288 e. The Morgan fingerprint density at radius 1 is 1.47 bits per heavy atom. The molecule has 0 spiro atoms. The van der Waals surface area contributed by atoms with Gasteiger partial charge in [0.25, 0.3) is 5.69 Å². The molecule has 0 aliphatic heterocycles. The Kier molecular flexibility index (Phi) is 4.47. The molecule has 0 saturated heterocycles. The van der Waals surface area contributed by atoms with E-state index in [-0.39, 0.29) is 10.7 Å². The third-order valence-corrected chi connectivity index (χ3v) is 3.84. The van der Waals surface area contributed by atoms with E-state index in [4.69, 9.17) is 17.3 Å². The molecule has 1 heterocycles. The van der Waals surface area contributed by atoms with Gasteiger partial charge in [0.1, 0.15) is 10.0 Å². The van der Waals surface area contributed by atoms with Crippen molar-refractivity contribution in [3.05, 3.63) is 44.4 Å². The van der Waals surface area contributed by atoms with Crippen LogP contribution in [0.3, 0.4) is 0 Å². The number of aromatic nitrogens is 1. The average molecular weight is 298 g/mol. The molecule has 0 aliphatic carbocycles. The van der Waals surface area contributed by atoms with Gasteiger partial charge in [-0.25, -0.2) is 4.98 Å². The van der Waals surface area contributed by atoms with Gasteiger partial charge in [-0.15, -0.1) is 11.3 Å². The van der Waals surface area contributed by atoms with E-state index < -0.39 is 4.92 Å². The number of thiazole rings is 1. The first-order valence-electron chi connectivity index (χ1n) is 5.70. The van der Waals surface area contributed by atoms with E-state index in [0.717, 1.165) is 23.5 Å². The summed E-state index contributed by atoms with van der Waals surface area (Å²) in [6, 6.07) is 4.71. The molecule has 2 N–H and O–H groups in total. The van der Waals surface area contributed by atoms with Crippen molar-refractivity contribution in [1.29, 1.82) is 0 Å². The molecule has 0 atom stereocenters. The number of hydrogen-bond acceptors (Lipinski definition) is 5. The number of nitrogens with zero attached hydrogens (tertiary/aromatic N) is 2. The predicted molar refractivity (Wildman–Crippen MR) is 76.6 cm³/mol. The number of nitro benzene ring substituents is 1. The summed E-state index contributed by atoms with van der Waals surface area (Å²) in [5.74, 6) is 0. The fourth-order valence-electron chi connectivity index (χ4n) is 1.62. The molecule has 19 heavy (non-hydrogen) atoms. The van der Waals surface area contributed by atoms with Crippen LogP contribution >= 0.6 is 22.9 Å². The highest BCUT2D eigenvalue weighted by atomic mass is 35.5. The van der Waals surface area contributed by atoms with E-state index in [2.05, 4.69) is 4.98 Å². The SMILES string of the molecule is NCCCc1csc(-c2ccc(Cl)c([N+](=O)[O-])c2)n1. The Hall–Kier alpha value is -1.50. The first-order valence-corrected chi connectivity index (χ1v) is 6.96. The van der Waals surface area contributed by atoms with Crippen LogP contribution in [-0.4, -0.2) is 16.5 Å². The van der Waals surface area contributed by atoms with Crippen LogP contribution in [0.1, 0.15) is 12.1 Å². The maximum Gasteiger partial charge on any atom is 0.288 e. The average Bonchev–Trinajstić information content (AvgIpc) is 2.85. The van der Waals surface area contributed by atoms with Crippen LogP contribution in [0.25, 0.3) is 10.6 Å². The van der Waals surface area contributed by atoms with E-state index in [1.807, 2.05) is 5.38 Å². The Bertz CT molecular complexity index is 600. The predicted octanol–water partition coefficient (Wildman–Crippen LogP) is 3.26. The second-order valence-corrected chi connectivity index (χ2v) is 5.22. The normalized spacial score (nSPS) is 10.6. The Balaban J connectivity index is 2.29. The van der Waals surface area contributed by atoms with Gasteiger partial charge in [-0.2, -0.15) is 0 Å². The van der Waals surface area contributed by atoms with Crippen molar-refractivity contribution in [2.24, 2.45) is 5.73 Å². The summed E-state index contributed by atoms with van der Waals surface area (Å²) < 4.78 is 0. The number of nitro groups is 1.